The Morgan fingerprint density at radius 3 is 1.70 bits per heavy atom. The molecule has 0 N–H and O–H groups in total. The molecular formula is C20H27F5O2. The molecule has 0 amide bonds. The van der Waals surface area contributed by atoms with Gasteiger partial charge in [0.1, 0.15) is 12.1 Å². The molecule has 3 rings (SSSR count). The largest absolute Gasteiger partial charge is 0.304 e. The Morgan fingerprint density at radius 1 is 0.852 bits per heavy atom. The Labute approximate surface area is 158 Å². The van der Waals surface area contributed by atoms with Gasteiger partial charge in [0.2, 0.25) is 0 Å². The second-order valence-corrected chi connectivity index (χ2v) is 7.41. The first-order chi connectivity index (χ1) is 12.8. The van der Waals surface area contributed by atoms with E-state index in [-0.39, 0.29) is 26.8 Å². The molecule has 2 aliphatic carbocycles. The van der Waals surface area contributed by atoms with Crippen molar-refractivity contribution in [2.45, 2.75) is 51.4 Å². The van der Waals surface area contributed by atoms with Gasteiger partial charge < -0.3 is 4.79 Å². The van der Waals surface area contributed by atoms with E-state index in [9.17, 15) is 31.5 Å². The number of rotatable bonds is 3. The molecule has 7 heteroatoms. The second kappa shape index (κ2) is 9.95. The van der Waals surface area contributed by atoms with Crippen LogP contribution in [0.4, 0.5) is 22.0 Å². The van der Waals surface area contributed by atoms with Gasteiger partial charge in [-0.05, 0) is 63.2 Å². The lowest BCUT2D eigenvalue weighted by Gasteiger charge is -2.35. The first kappa shape index (κ1) is 21.5. The zero-order chi connectivity index (χ0) is 20.0. The Hall–Kier alpha value is -1.79. The Morgan fingerprint density at radius 2 is 1.30 bits per heavy atom. The van der Waals surface area contributed by atoms with Crippen molar-refractivity contribution >= 4 is 12.3 Å². The molecule has 0 aliphatic heterocycles. The molecule has 0 radical (unpaired) electrons. The van der Waals surface area contributed by atoms with Crippen LogP contribution in [0.3, 0.4) is 0 Å². The number of hydrogen-bond acceptors (Lipinski definition) is 2. The Balaban J connectivity index is 0.000000567. The van der Waals surface area contributed by atoms with Crippen molar-refractivity contribution in [2.75, 3.05) is 0 Å². The predicted octanol–water partition coefficient (Wildman–Crippen LogP) is 6.03. The fraction of sp³-hybridized carbons (Fsp3) is 0.600. The van der Waals surface area contributed by atoms with Crippen molar-refractivity contribution in [2.24, 2.45) is 23.7 Å². The van der Waals surface area contributed by atoms with Gasteiger partial charge in [-0.2, -0.15) is 4.39 Å². The molecule has 2 saturated carbocycles. The number of hydrogen-bond donors (Lipinski definition) is 0. The van der Waals surface area contributed by atoms with E-state index in [2.05, 4.69) is 0 Å². The van der Waals surface area contributed by atoms with Crippen molar-refractivity contribution in [3.05, 3.63) is 35.4 Å². The molecule has 1 aromatic carbocycles. The molecular weight excluding hydrogens is 367 g/mol. The number of benzene rings is 1. The van der Waals surface area contributed by atoms with E-state index in [0.29, 0.717) is 11.8 Å². The summed E-state index contributed by atoms with van der Waals surface area (Å²) in [4.78, 5) is 21.3. The number of aldehydes is 1. The van der Waals surface area contributed by atoms with E-state index in [1.165, 1.54) is 0 Å². The van der Waals surface area contributed by atoms with E-state index in [1.807, 2.05) is 0 Å². The van der Waals surface area contributed by atoms with E-state index in [0.717, 1.165) is 57.7 Å². The number of halogens is 5. The molecule has 0 spiro atoms. The van der Waals surface area contributed by atoms with Crippen molar-refractivity contribution in [3.8, 4) is 0 Å². The third-order valence-electron chi connectivity index (χ3n) is 5.72. The molecule has 154 valence electrons. The minimum absolute atomic E-state index is 0. The van der Waals surface area contributed by atoms with Gasteiger partial charge in [-0.1, -0.05) is 0 Å². The highest BCUT2D eigenvalue weighted by molar-refractivity contribution is 5.71. The molecule has 27 heavy (non-hydrogen) atoms. The van der Waals surface area contributed by atoms with Crippen molar-refractivity contribution in [1.29, 1.82) is 0 Å². The first-order valence-corrected chi connectivity index (χ1v) is 9.26. The zero-order valence-electron chi connectivity index (χ0n) is 14.9. The van der Waals surface area contributed by atoms with Crippen molar-refractivity contribution in [1.82, 2.24) is 0 Å². The SMILES string of the molecule is Fc1cc(F)c(F)c(F)c1.O=CC1CCC(C2CCC(C(=O)F)CC2)CC1.[HH].[HH]. The topological polar surface area (TPSA) is 34.1 Å². The standard InChI is InChI=1S/C14H21FO2.C6H2F4.2H2/c15-14(17)13-7-5-12(6-8-13)11-3-1-10(9-16)2-4-11;7-3-1-4(8)6(10)5(9)2-3;;/h9-13H,1-8H2;1-2H;2*1H. The maximum atomic E-state index is 12.6. The second-order valence-electron chi connectivity index (χ2n) is 7.41. The molecule has 0 bridgehead atoms. The maximum absolute atomic E-state index is 12.6. The van der Waals surface area contributed by atoms with Gasteiger partial charge in [0.05, 0.1) is 0 Å². The van der Waals surface area contributed by atoms with Gasteiger partial charge in [-0.3, -0.25) is 4.79 Å². The van der Waals surface area contributed by atoms with Crippen LogP contribution in [0, 0.1) is 46.9 Å². The van der Waals surface area contributed by atoms with Gasteiger partial charge >= 0.3 is 6.04 Å². The van der Waals surface area contributed by atoms with Crippen LogP contribution in [-0.4, -0.2) is 12.3 Å². The summed E-state index contributed by atoms with van der Waals surface area (Å²) in [5, 5.41) is 0. The van der Waals surface area contributed by atoms with Gasteiger partial charge in [0, 0.05) is 26.8 Å². The molecule has 0 unspecified atom stereocenters. The van der Waals surface area contributed by atoms with Crippen LogP contribution in [0.25, 0.3) is 0 Å². The van der Waals surface area contributed by atoms with Crippen LogP contribution in [0.2, 0.25) is 0 Å². The molecule has 2 fully saturated rings. The molecule has 2 aliphatic rings. The number of carbonyl (C=O) groups excluding carboxylic acids is 2. The van der Waals surface area contributed by atoms with Crippen molar-refractivity contribution < 1.29 is 34.4 Å². The molecule has 0 heterocycles. The zero-order valence-corrected chi connectivity index (χ0v) is 14.9. The average molecular weight is 394 g/mol. The van der Waals surface area contributed by atoms with Crippen LogP contribution in [0.15, 0.2) is 12.1 Å². The molecule has 0 atom stereocenters. The van der Waals surface area contributed by atoms with E-state index < -0.39 is 29.3 Å². The van der Waals surface area contributed by atoms with Gasteiger partial charge in [-0.25, -0.2) is 17.6 Å². The minimum Gasteiger partial charge on any atom is -0.303 e. The van der Waals surface area contributed by atoms with Crippen molar-refractivity contribution in [3.63, 3.8) is 0 Å². The molecule has 0 saturated heterocycles. The monoisotopic (exact) mass is 394 g/mol. The smallest absolute Gasteiger partial charge is 0.303 e. The minimum atomic E-state index is -1.65. The van der Waals surface area contributed by atoms with Crippen LogP contribution >= 0.6 is 0 Å². The predicted molar refractivity (Wildman–Crippen MR) is 93.6 cm³/mol. The Bertz CT molecular complexity index is 635. The molecule has 1 aromatic rings. The summed E-state index contributed by atoms with van der Waals surface area (Å²) in [6.45, 7) is 0. The third kappa shape index (κ3) is 6.11. The summed E-state index contributed by atoms with van der Waals surface area (Å²) < 4.78 is 60.5. The normalized spacial score (nSPS) is 28.0. The summed E-state index contributed by atoms with van der Waals surface area (Å²) >= 11 is 0. The summed E-state index contributed by atoms with van der Waals surface area (Å²) in [6, 6.07) is -0.565. The highest BCUT2D eigenvalue weighted by Crippen LogP contribution is 2.41. The quantitative estimate of drug-likeness (QED) is 0.206. The molecule has 2 nitrogen and oxygen atoms in total. The van der Waals surface area contributed by atoms with E-state index in [4.69, 9.17) is 0 Å². The van der Waals surface area contributed by atoms with E-state index >= 15 is 0 Å². The lowest BCUT2D eigenvalue weighted by atomic mass is 9.69. The van der Waals surface area contributed by atoms with E-state index in [1.54, 1.807) is 0 Å². The first-order valence-electron chi connectivity index (χ1n) is 9.26. The Kier molecular flexibility index (Phi) is 7.92. The average Bonchev–Trinajstić information content (AvgIpc) is 2.66. The van der Waals surface area contributed by atoms with Crippen LogP contribution in [0.1, 0.15) is 54.2 Å². The lowest BCUT2D eigenvalue weighted by Crippen LogP contribution is -2.27. The maximum Gasteiger partial charge on any atom is 0.304 e. The summed E-state index contributed by atoms with van der Waals surface area (Å²) in [5.74, 6) is -4.49. The fourth-order valence-corrected chi connectivity index (χ4v) is 4.09. The summed E-state index contributed by atoms with van der Waals surface area (Å²) in [5.41, 5.74) is 0. The fourth-order valence-electron chi connectivity index (χ4n) is 4.09. The summed E-state index contributed by atoms with van der Waals surface area (Å²) in [6.07, 6.45) is 8.88. The van der Waals surface area contributed by atoms with Crippen LogP contribution in [-0.2, 0) is 9.59 Å². The highest BCUT2D eigenvalue weighted by atomic mass is 19.2. The number of carbonyl (C=O) groups is 2. The van der Waals surface area contributed by atoms with Gasteiger partial charge in [0.15, 0.2) is 17.5 Å². The van der Waals surface area contributed by atoms with Gasteiger partial charge in [-0.15, -0.1) is 0 Å². The van der Waals surface area contributed by atoms with Crippen LogP contribution in [0.5, 0.6) is 0 Å². The third-order valence-corrected chi connectivity index (χ3v) is 5.72. The lowest BCUT2D eigenvalue weighted by molar-refractivity contribution is -0.135. The van der Waals surface area contributed by atoms with Gasteiger partial charge in [0.25, 0.3) is 0 Å². The highest BCUT2D eigenvalue weighted by Gasteiger charge is 2.32. The molecule has 0 aromatic heterocycles. The van der Waals surface area contributed by atoms with Crippen LogP contribution < -0.4 is 0 Å². The summed E-state index contributed by atoms with van der Waals surface area (Å²) in [7, 11) is 0.